The minimum Gasteiger partial charge on any atom is -0.497 e. The summed E-state index contributed by atoms with van der Waals surface area (Å²) in [4.78, 5) is 4.57. The molecule has 5 heteroatoms. The maximum atomic E-state index is 5.01. The fourth-order valence-corrected chi connectivity index (χ4v) is 2.64. The molecule has 0 bridgehead atoms. The van der Waals surface area contributed by atoms with Gasteiger partial charge in [0, 0.05) is 18.1 Å². The molecule has 5 nitrogen and oxygen atoms in total. The molecule has 0 saturated carbocycles. The lowest BCUT2D eigenvalue weighted by Crippen LogP contribution is -2.24. The summed E-state index contributed by atoms with van der Waals surface area (Å²) in [6.45, 7) is 10.3. The third kappa shape index (κ3) is 2.80. The summed E-state index contributed by atoms with van der Waals surface area (Å²) >= 11 is 0. The Kier molecular flexibility index (Phi) is 4.06. The van der Waals surface area contributed by atoms with Crippen LogP contribution in [-0.2, 0) is 24.2 Å². The van der Waals surface area contributed by atoms with Crippen LogP contribution in [0.4, 0.5) is 0 Å². The standard InChI is InChI=1S/C17H20N4O/c1-12(4-5-13(2)22-3)11-21-17-16(10-20-21)15-6-7-18-8-14(15)9-19-17/h4-5,9-10,18H,1-2,6-8,11H2,3H3/b5-4-. The zero-order chi connectivity index (χ0) is 15.5. The van der Waals surface area contributed by atoms with Crippen LogP contribution in [0.1, 0.15) is 11.1 Å². The summed E-state index contributed by atoms with van der Waals surface area (Å²) in [5.74, 6) is 0.603. The lowest BCUT2D eigenvalue weighted by molar-refractivity contribution is 0.309. The number of aromatic nitrogens is 3. The minimum absolute atomic E-state index is 0.598. The zero-order valence-corrected chi connectivity index (χ0v) is 12.8. The van der Waals surface area contributed by atoms with Crippen LogP contribution in [0.3, 0.4) is 0 Å². The van der Waals surface area contributed by atoms with Crippen molar-refractivity contribution in [3.05, 3.63) is 60.2 Å². The topological polar surface area (TPSA) is 52.0 Å². The van der Waals surface area contributed by atoms with E-state index in [0.29, 0.717) is 12.3 Å². The molecule has 0 radical (unpaired) electrons. The molecule has 0 amide bonds. The number of fused-ring (bicyclic) bond motifs is 3. The number of methoxy groups -OCH3 is 1. The first-order chi connectivity index (χ1) is 10.7. The summed E-state index contributed by atoms with van der Waals surface area (Å²) in [6.07, 6.45) is 8.58. The van der Waals surface area contributed by atoms with Crippen molar-refractivity contribution in [3.8, 4) is 0 Å². The highest BCUT2D eigenvalue weighted by molar-refractivity contribution is 5.80. The average Bonchev–Trinajstić information content (AvgIpc) is 2.96. The quantitative estimate of drug-likeness (QED) is 0.680. The Morgan fingerprint density at radius 1 is 1.41 bits per heavy atom. The second-order valence-corrected chi connectivity index (χ2v) is 5.39. The SMILES string of the molecule is C=C(/C=C\C(=C)OC)Cn1ncc2c3c(cnc21)CNCC3. The maximum absolute atomic E-state index is 5.01. The molecule has 22 heavy (non-hydrogen) atoms. The number of pyridine rings is 1. The number of rotatable bonds is 5. The molecule has 0 spiro atoms. The summed E-state index contributed by atoms with van der Waals surface area (Å²) < 4.78 is 6.89. The second kappa shape index (κ2) is 6.15. The highest BCUT2D eigenvalue weighted by atomic mass is 16.5. The number of nitrogens with one attached hydrogen (secondary N) is 1. The molecule has 3 rings (SSSR count). The van der Waals surface area contributed by atoms with Crippen LogP contribution >= 0.6 is 0 Å². The normalized spacial score (nSPS) is 14.2. The van der Waals surface area contributed by atoms with Crippen LogP contribution in [0.25, 0.3) is 11.0 Å². The van der Waals surface area contributed by atoms with Gasteiger partial charge in [0.2, 0.25) is 0 Å². The Hall–Kier alpha value is -2.40. The van der Waals surface area contributed by atoms with E-state index in [1.165, 1.54) is 11.1 Å². The third-order valence-corrected chi connectivity index (χ3v) is 3.85. The Bertz CT molecular complexity index is 757. The lowest BCUT2D eigenvalue weighted by Gasteiger charge is -2.17. The average molecular weight is 296 g/mol. The van der Waals surface area contributed by atoms with E-state index in [0.717, 1.165) is 36.1 Å². The van der Waals surface area contributed by atoms with E-state index in [1.807, 2.05) is 23.2 Å². The van der Waals surface area contributed by atoms with Crippen LogP contribution in [0, 0.1) is 0 Å². The lowest BCUT2D eigenvalue weighted by atomic mass is 10.0. The van der Waals surface area contributed by atoms with Crippen LogP contribution in [0.5, 0.6) is 0 Å². The van der Waals surface area contributed by atoms with E-state index in [9.17, 15) is 0 Å². The van der Waals surface area contributed by atoms with Gasteiger partial charge in [0.1, 0.15) is 5.76 Å². The van der Waals surface area contributed by atoms with E-state index in [-0.39, 0.29) is 0 Å². The van der Waals surface area contributed by atoms with Crippen molar-refractivity contribution in [1.82, 2.24) is 20.1 Å². The Morgan fingerprint density at radius 2 is 2.27 bits per heavy atom. The van der Waals surface area contributed by atoms with E-state index >= 15 is 0 Å². The van der Waals surface area contributed by atoms with Gasteiger partial charge in [0.25, 0.3) is 0 Å². The smallest absolute Gasteiger partial charge is 0.158 e. The molecule has 0 aliphatic carbocycles. The first kappa shape index (κ1) is 14.5. The molecular formula is C17H20N4O. The molecular weight excluding hydrogens is 276 g/mol. The van der Waals surface area contributed by atoms with Gasteiger partial charge in [-0.1, -0.05) is 19.2 Å². The molecule has 0 aromatic carbocycles. The highest BCUT2D eigenvalue weighted by Crippen LogP contribution is 2.23. The summed E-state index contributed by atoms with van der Waals surface area (Å²) in [5, 5.41) is 8.99. The van der Waals surface area contributed by atoms with Crippen LogP contribution in [0.15, 0.2) is 49.0 Å². The minimum atomic E-state index is 0.598. The first-order valence-corrected chi connectivity index (χ1v) is 7.31. The predicted molar refractivity (Wildman–Crippen MR) is 87.4 cm³/mol. The van der Waals surface area contributed by atoms with Gasteiger partial charge >= 0.3 is 0 Å². The first-order valence-electron chi connectivity index (χ1n) is 7.31. The third-order valence-electron chi connectivity index (χ3n) is 3.85. The van der Waals surface area contributed by atoms with Crippen molar-refractivity contribution in [2.24, 2.45) is 0 Å². The molecule has 114 valence electrons. The number of nitrogens with zero attached hydrogens (tertiary/aromatic N) is 3. The Labute approximate surface area is 130 Å². The Morgan fingerprint density at radius 3 is 3.09 bits per heavy atom. The summed E-state index contributed by atoms with van der Waals surface area (Å²) in [5.41, 5.74) is 4.47. The van der Waals surface area contributed by atoms with Gasteiger partial charge in [-0.2, -0.15) is 5.10 Å². The van der Waals surface area contributed by atoms with Crippen molar-refractivity contribution in [1.29, 1.82) is 0 Å². The molecule has 1 aliphatic rings. The van der Waals surface area contributed by atoms with Crippen molar-refractivity contribution >= 4 is 11.0 Å². The van der Waals surface area contributed by atoms with Gasteiger partial charge in [-0.15, -0.1) is 0 Å². The van der Waals surface area contributed by atoms with E-state index in [4.69, 9.17) is 4.74 Å². The predicted octanol–water partition coefficient (Wildman–Crippen LogP) is 2.35. The van der Waals surface area contributed by atoms with Gasteiger partial charge in [0.15, 0.2) is 5.65 Å². The molecule has 0 atom stereocenters. The molecule has 0 unspecified atom stereocenters. The van der Waals surface area contributed by atoms with E-state index < -0.39 is 0 Å². The molecule has 0 fully saturated rings. The van der Waals surface area contributed by atoms with Crippen molar-refractivity contribution in [2.45, 2.75) is 19.5 Å². The van der Waals surface area contributed by atoms with Crippen molar-refractivity contribution in [3.63, 3.8) is 0 Å². The van der Waals surface area contributed by atoms with Crippen LogP contribution in [-0.4, -0.2) is 28.4 Å². The molecule has 1 N–H and O–H groups in total. The maximum Gasteiger partial charge on any atom is 0.158 e. The molecule has 3 heterocycles. The van der Waals surface area contributed by atoms with Gasteiger partial charge < -0.3 is 10.1 Å². The molecule has 0 saturated heterocycles. The number of ether oxygens (including phenoxy) is 1. The summed E-state index contributed by atoms with van der Waals surface area (Å²) in [6, 6.07) is 0. The van der Waals surface area contributed by atoms with Crippen LogP contribution in [0.2, 0.25) is 0 Å². The van der Waals surface area contributed by atoms with Gasteiger partial charge in [0.05, 0.1) is 19.9 Å². The van der Waals surface area contributed by atoms with Gasteiger partial charge in [-0.3, -0.25) is 0 Å². The van der Waals surface area contributed by atoms with Crippen molar-refractivity contribution in [2.75, 3.05) is 13.7 Å². The fraction of sp³-hybridized carbons (Fsp3) is 0.294. The largest absolute Gasteiger partial charge is 0.497 e. The molecule has 1 aliphatic heterocycles. The number of allylic oxidation sites excluding steroid dienone is 3. The highest BCUT2D eigenvalue weighted by Gasteiger charge is 2.15. The van der Waals surface area contributed by atoms with E-state index in [2.05, 4.69) is 28.6 Å². The van der Waals surface area contributed by atoms with E-state index in [1.54, 1.807) is 13.2 Å². The van der Waals surface area contributed by atoms with Crippen LogP contribution < -0.4 is 5.32 Å². The number of hydrogen-bond acceptors (Lipinski definition) is 4. The molecule has 2 aromatic heterocycles. The fourth-order valence-electron chi connectivity index (χ4n) is 2.64. The molecule has 2 aromatic rings. The van der Waals surface area contributed by atoms with Gasteiger partial charge in [-0.05, 0) is 35.7 Å². The monoisotopic (exact) mass is 296 g/mol. The second-order valence-electron chi connectivity index (χ2n) is 5.39. The van der Waals surface area contributed by atoms with Crippen molar-refractivity contribution < 1.29 is 4.74 Å². The Balaban J connectivity index is 1.85. The number of hydrogen-bond donors (Lipinski definition) is 1. The summed E-state index contributed by atoms with van der Waals surface area (Å²) in [7, 11) is 1.60. The zero-order valence-electron chi connectivity index (χ0n) is 12.8. The van der Waals surface area contributed by atoms with Gasteiger partial charge in [-0.25, -0.2) is 9.67 Å².